The number of aliphatic imine (C=N–C) groups is 1. The normalized spacial score (nSPS) is 20.7. The number of guanidine groups is 1. The number of aliphatic hydroxyl groups is 1. The van der Waals surface area contributed by atoms with Gasteiger partial charge in [-0.15, -0.1) is 0 Å². The summed E-state index contributed by atoms with van der Waals surface area (Å²) in [5.74, 6) is 2.27. The lowest BCUT2D eigenvalue weighted by Gasteiger charge is -2.32. The molecule has 3 rings (SSSR count). The zero-order valence-electron chi connectivity index (χ0n) is 19.9. The Kier molecular flexibility index (Phi) is 9.47. The average molecular weight is 430 g/mol. The van der Waals surface area contributed by atoms with Gasteiger partial charge in [-0.3, -0.25) is 0 Å². The number of hydrogen-bond donors (Lipinski definition) is 2. The fourth-order valence-electron chi connectivity index (χ4n) is 4.80. The molecule has 6 heteroatoms. The predicted octanol–water partition coefficient (Wildman–Crippen LogP) is 3.02. The molecule has 2 heterocycles. The number of anilines is 1. The molecule has 0 amide bonds. The topological polar surface area (TPSA) is 54.3 Å². The van der Waals surface area contributed by atoms with E-state index in [0.29, 0.717) is 19.1 Å². The molecule has 6 nitrogen and oxygen atoms in total. The van der Waals surface area contributed by atoms with Crippen LogP contribution in [0.2, 0.25) is 0 Å². The third-order valence-electron chi connectivity index (χ3n) is 6.92. The van der Waals surface area contributed by atoms with E-state index >= 15 is 0 Å². The van der Waals surface area contributed by atoms with Crippen LogP contribution in [0.4, 0.5) is 5.69 Å². The van der Waals surface area contributed by atoms with Crippen molar-refractivity contribution in [3.8, 4) is 0 Å². The highest BCUT2D eigenvalue weighted by Gasteiger charge is 2.26. The minimum absolute atomic E-state index is 0.326. The first-order valence-electron chi connectivity index (χ1n) is 12.4. The van der Waals surface area contributed by atoms with Gasteiger partial charge in [-0.1, -0.05) is 26.0 Å². The van der Waals surface area contributed by atoms with Crippen LogP contribution in [0.3, 0.4) is 0 Å². The lowest BCUT2D eigenvalue weighted by Crippen LogP contribution is -2.40. The molecular formula is C25H43N5O. The van der Waals surface area contributed by atoms with Crippen molar-refractivity contribution in [2.24, 2.45) is 16.8 Å². The molecule has 31 heavy (non-hydrogen) atoms. The van der Waals surface area contributed by atoms with Gasteiger partial charge >= 0.3 is 0 Å². The third-order valence-corrected chi connectivity index (χ3v) is 6.92. The summed E-state index contributed by atoms with van der Waals surface area (Å²) in [5, 5.41) is 12.8. The molecule has 2 N–H and O–H groups in total. The Hall–Kier alpha value is -1.79. The fourth-order valence-corrected chi connectivity index (χ4v) is 4.80. The summed E-state index contributed by atoms with van der Waals surface area (Å²) >= 11 is 0. The van der Waals surface area contributed by atoms with Gasteiger partial charge in [0, 0.05) is 51.6 Å². The number of hydrogen-bond acceptors (Lipinski definition) is 4. The van der Waals surface area contributed by atoms with Crippen molar-refractivity contribution in [1.29, 1.82) is 0 Å². The Morgan fingerprint density at radius 2 is 1.71 bits per heavy atom. The summed E-state index contributed by atoms with van der Waals surface area (Å²) in [4.78, 5) is 12.4. The first-order chi connectivity index (χ1) is 15.2. The van der Waals surface area contributed by atoms with E-state index in [-0.39, 0.29) is 0 Å². The Morgan fingerprint density at radius 3 is 2.32 bits per heavy atom. The van der Waals surface area contributed by atoms with Gasteiger partial charge in [0.05, 0.1) is 6.54 Å². The molecule has 2 fully saturated rings. The molecule has 0 saturated carbocycles. The van der Waals surface area contributed by atoms with Crippen LogP contribution >= 0.6 is 0 Å². The van der Waals surface area contributed by atoms with Gasteiger partial charge in [-0.25, -0.2) is 4.99 Å². The second-order valence-corrected chi connectivity index (χ2v) is 9.04. The van der Waals surface area contributed by atoms with Crippen molar-refractivity contribution in [3.63, 3.8) is 0 Å². The summed E-state index contributed by atoms with van der Waals surface area (Å²) in [7, 11) is 0. The number of nitrogens with zero attached hydrogens (tertiary/aromatic N) is 4. The standard InChI is InChI=1S/C25H43N5O/c1-4-26-25(30-16-13-23(19-30)18-28(5-2)6-3)27-17-21-7-9-24(10-8-21)29-14-11-22(20-31)12-15-29/h7-10,22-23,31H,4-6,11-20H2,1-3H3,(H,26,27). The maximum atomic E-state index is 9.34. The maximum absolute atomic E-state index is 9.34. The van der Waals surface area contributed by atoms with Gasteiger partial charge in [0.1, 0.15) is 0 Å². The van der Waals surface area contributed by atoms with Crippen LogP contribution in [0, 0.1) is 11.8 Å². The molecular weight excluding hydrogens is 386 g/mol. The monoisotopic (exact) mass is 429 g/mol. The number of piperidine rings is 1. The number of benzene rings is 1. The van der Waals surface area contributed by atoms with Crippen LogP contribution in [-0.2, 0) is 6.54 Å². The van der Waals surface area contributed by atoms with Gasteiger partial charge in [0.25, 0.3) is 0 Å². The van der Waals surface area contributed by atoms with Crippen molar-refractivity contribution in [3.05, 3.63) is 29.8 Å². The van der Waals surface area contributed by atoms with Crippen molar-refractivity contribution in [2.45, 2.75) is 46.6 Å². The zero-order chi connectivity index (χ0) is 22.1. The van der Waals surface area contributed by atoms with Crippen LogP contribution in [0.25, 0.3) is 0 Å². The minimum atomic E-state index is 0.326. The summed E-state index contributed by atoms with van der Waals surface area (Å²) < 4.78 is 0. The second-order valence-electron chi connectivity index (χ2n) is 9.04. The number of aliphatic hydroxyl groups excluding tert-OH is 1. The van der Waals surface area contributed by atoms with Crippen molar-refractivity contribution in [2.75, 3.05) is 63.9 Å². The van der Waals surface area contributed by atoms with E-state index in [1.165, 1.54) is 24.2 Å². The molecule has 2 saturated heterocycles. The Balaban J connectivity index is 1.54. The summed E-state index contributed by atoms with van der Waals surface area (Å²) in [6.45, 7) is 16.3. The lowest BCUT2D eigenvalue weighted by molar-refractivity contribution is 0.203. The summed E-state index contributed by atoms with van der Waals surface area (Å²) in [5.41, 5.74) is 2.54. The smallest absolute Gasteiger partial charge is 0.194 e. The number of nitrogens with one attached hydrogen (secondary N) is 1. The van der Waals surface area contributed by atoms with Crippen molar-refractivity contribution < 1.29 is 5.11 Å². The van der Waals surface area contributed by atoms with Crippen LogP contribution < -0.4 is 10.2 Å². The minimum Gasteiger partial charge on any atom is -0.396 e. The molecule has 2 aliphatic rings. The predicted molar refractivity (Wildman–Crippen MR) is 131 cm³/mol. The van der Waals surface area contributed by atoms with Crippen LogP contribution in [0.1, 0.15) is 45.6 Å². The largest absolute Gasteiger partial charge is 0.396 e. The van der Waals surface area contributed by atoms with Crippen molar-refractivity contribution in [1.82, 2.24) is 15.1 Å². The van der Waals surface area contributed by atoms with Gasteiger partial charge in [-0.2, -0.15) is 0 Å². The lowest BCUT2D eigenvalue weighted by atomic mass is 9.97. The fraction of sp³-hybridized carbons (Fsp3) is 0.720. The quantitative estimate of drug-likeness (QED) is 0.467. The summed E-state index contributed by atoms with van der Waals surface area (Å²) in [6.07, 6.45) is 3.42. The van der Waals surface area contributed by atoms with E-state index in [4.69, 9.17) is 4.99 Å². The van der Waals surface area contributed by atoms with Gasteiger partial charge in [-0.05, 0) is 68.8 Å². The Bertz CT molecular complexity index is 665. The molecule has 1 aromatic rings. The van der Waals surface area contributed by atoms with Gasteiger partial charge < -0.3 is 25.1 Å². The van der Waals surface area contributed by atoms with Crippen LogP contribution in [-0.4, -0.2) is 79.8 Å². The molecule has 2 aliphatic heterocycles. The van der Waals surface area contributed by atoms with E-state index in [0.717, 1.165) is 70.5 Å². The van der Waals surface area contributed by atoms with Gasteiger partial charge in [0.15, 0.2) is 5.96 Å². The van der Waals surface area contributed by atoms with E-state index in [2.05, 4.69) is 65.1 Å². The SMILES string of the molecule is CCNC(=NCc1ccc(N2CCC(CO)CC2)cc1)N1CCC(CN(CC)CC)C1. The Labute approximate surface area is 189 Å². The van der Waals surface area contributed by atoms with E-state index < -0.39 is 0 Å². The molecule has 0 bridgehead atoms. The molecule has 0 radical (unpaired) electrons. The maximum Gasteiger partial charge on any atom is 0.194 e. The van der Waals surface area contributed by atoms with Crippen molar-refractivity contribution >= 4 is 11.6 Å². The highest BCUT2D eigenvalue weighted by Crippen LogP contribution is 2.24. The second kappa shape index (κ2) is 12.3. The molecule has 0 spiro atoms. The molecule has 0 aliphatic carbocycles. The van der Waals surface area contributed by atoms with Gasteiger partial charge in [0.2, 0.25) is 0 Å². The molecule has 0 aromatic heterocycles. The Morgan fingerprint density at radius 1 is 1.03 bits per heavy atom. The zero-order valence-corrected chi connectivity index (χ0v) is 19.9. The number of rotatable bonds is 9. The first kappa shape index (κ1) is 23.9. The van der Waals surface area contributed by atoms with Crippen LogP contribution in [0.15, 0.2) is 29.3 Å². The summed E-state index contributed by atoms with van der Waals surface area (Å²) in [6, 6.07) is 8.89. The average Bonchev–Trinajstić information content (AvgIpc) is 3.29. The molecule has 1 atom stereocenters. The first-order valence-corrected chi connectivity index (χ1v) is 12.4. The molecule has 1 aromatic carbocycles. The van der Waals surface area contributed by atoms with E-state index in [9.17, 15) is 5.11 Å². The highest BCUT2D eigenvalue weighted by molar-refractivity contribution is 5.80. The third kappa shape index (κ3) is 6.84. The van der Waals surface area contributed by atoms with E-state index in [1.807, 2.05) is 0 Å². The molecule has 174 valence electrons. The highest BCUT2D eigenvalue weighted by atomic mass is 16.3. The molecule has 1 unspecified atom stereocenters. The number of likely N-dealkylation sites (tertiary alicyclic amines) is 1. The van der Waals surface area contributed by atoms with Crippen LogP contribution in [0.5, 0.6) is 0 Å². The van der Waals surface area contributed by atoms with E-state index in [1.54, 1.807) is 0 Å².